The Bertz CT molecular complexity index is 528. The standard InChI is InChI=1S/C14H22N4/c1-10(2)9-16-14-17-12-8-11(3)4-5-13(12)18(14)7-6-15/h4-5,8,10H,6-7,9,15H2,1-3H3,(H,16,17). The second-order valence-electron chi connectivity index (χ2n) is 5.14. The first-order valence-electron chi connectivity index (χ1n) is 6.52. The number of imidazole rings is 1. The van der Waals surface area contributed by atoms with Crippen LogP contribution in [-0.2, 0) is 6.54 Å². The molecule has 0 saturated heterocycles. The molecule has 0 amide bonds. The third kappa shape index (κ3) is 2.64. The highest BCUT2D eigenvalue weighted by Crippen LogP contribution is 2.20. The maximum Gasteiger partial charge on any atom is 0.203 e. The van der Waals surface area contributed by atoms with Gasteiger partial charge in [-0.15, -0.1) is 0 Å². The molecular weight excluding hydrogens is 224 g/mol. The van der Waals surface area contributed by atoms with Crippen LogP contribution in [0, 0.1) is 12.8 Å². The van der Waals surface area contributed by atoms with Crippen LogP contribution in [0.1, 0.15) is 19.4 Å². The molecule has 1 heterocycles. The summed E-state index contributed by atoms with van der Waals surface area (Å²) >= 11 is 0. The van der Waals surface area contributed by atoms with Crippen LogP contribution in [-0.4, -0.2) is 22.6 Å². The van der Waals surface area contributed by atoms with Crippen LogP contribution in [0.4, 0.5) is 5.95 Å². The molecule has 0 saturated carbocycles. The van der Waals surface area contributed by atoms with E-state index in [1.165, 1.54) is 5.56 Å². The summed E-state index contributed by atoms with van der Waals surface area (Å²) in [6.45, 7) is 8.80. The number of aryl methyl sites for hydroxylation is 1. The van der Waals surface area contributed by atoms with Gasteiger partial charge in [0.15, 0.2) is 0 Å². The van der Waals surface area contributed by atoms with E-state index in [4.69, 9.17) is 5.73 Å². The number of aromatic nitrogens is 2. The summed E-state index contributed by atoms with van der Waals surface area (Å²) in [5, 5.41) is 3.40. The first kappa shape index (κ1) is 12.9. The Balaban J connectivity index is 2.40. The van der Waals surface area contributed by atoms with Gasteiger partial charge in [0.2, 0.25) is 5.95 Å². The predicted octanol–water partition coefficient (Wildman–Crippen LogP) is 2.37. The maximum atomic E-state index is 5.69. The molecular formula is C14H22N4. The van der Waals surface area contributed by atoms with Crippen molar-refractivity contribution < 1.29 is 0 Å². The second-order valence-corrected chi connectivity index (χ2v) is 5.14. The van der Waals surface area contributed by atoms with E-state index in [0.29, 0.717) is 12.5 Å². The Kier molecular flexibility index (Phi) is 3.87. The van der Waals surface area contributed by atoms with Gasteiger partial charge in [-0.3, -0.25) is 0 Å². The zero-order valence-corrected chi connectivity index (χ0v) is 11.4. The quantitative estimate of drug-likeness (QED) is 0.851. The van der Waals surface area contributed by atoms with Crippen molar-refractivity contribution in [3.8, 4) is 0 Å². The number of hydrogen-bond donors (Lipinski definition) is 2. The molecule has 0 spiro atoms. The lowest BCUT2D eigenvalue weighted by atomic mass is 10.2. The fourth-order valence-electron chi connectivity index (χ4n) is 2.03. The first-order chi connectivity index (χ1) is 8.61. The summed E-state index contributed by atoms with van der Waals surface area (Å²) in [5.74, 6) is 1.52. The van der Waals surface area contributed by atoms with Crippen molar-refractivity contribution >= 4 is 17.0 Å². The fourth-order valence-corrected chi connectivity index (χ4v) is 2.03. The largest absolute Gasteiger partial charge is 0.355 e. The summed E-state index contributed by atoms with van der Waals surface area (Å²) in [6.07, 6.45) is 0. The molecule has 0 aliphatic heterocycles. The first-order valence-corrected chi connectivity index (χ1v) is 6.52. The van der Waals surface area contributed by atoms with E-state index in [-0.39, 0.29) is 0 Å². The van der Waals surface area contributed by atoms with Crippen LogP contribution in [0.5, 0.6) is 0 Å². The molecule has 1 aromatic heterocycles. The van der Waals surface area contributed by atoms with Gasteiger partial charge in [-0.1, -0.05) is 19.9 Å². The summed E-state index contributed by atoms with van der Waals surface area (Å²) in [4.78, 5) is 4.66. The molecule has 18 heavy (non-hydrogen) atoms. The number of rotatable bonds is 5. The fraction of sp³-hybridized carbons (Fsp3) is 0.500. The average Bonchev–Trinajstić information content (AvgIpc) is 2.64. The van der Waals surface area contributed by atoms with E-state index in [2.05, 4.69) is 53.8 Å². The molecule has 0 fully saturated rings. The van der Waals surface area contributed by atoms with E-state index in [9.17, 15) is 0 Å². The smallest absolute Gasteiger partial charge is 0.203 e. The van der Waals surface area contributed by atoms with Gasteiger partial charge in [-0.05, 0) is 30.5 Å². The molecule has 0 aliphatic rings. The molecule has 0 unspecified atom stereocenters. The SMILES string of the molecule is Cc1ccc2c(c1)nc(NCC(C)C)n2CCN. The summed E-state index contributed by atoms with van der Waals surface area (Å²) in [5.41, 5.74) is 9.11. The minimum absolute atomic E-state index is 0.595. The summed E-state index contributed by atoms with van der Waals surface area (Å²) in [6, 6.07) is 6.35. The number of nitrogens with two attached hydrogens (primary N) is 1. The molecule has 3 N–H and O–H groups in total. The lowest BCUT2D eigenvalue weighted by molar-refractivity contribution is 0.670. The predicted molar refractivity (Wildman–Crippen MR) is 76.9 cm³/mol. The topological polar surface area (TPSA) is 55.9 Å². The molecule has 0 bridgehead atoms. The van der Waals surface area contributed by atoms with Crippen LogP contribution in [0.25, 0.3) is 11.0 Å². The third-order valence-corrected chi connectivity index (χ3v) is 2.92. The highest BCUT2D eigenvalue weighted by atomic mass is 15.2. The Labute approximate surface area is 108 Å². The van der Waals surface area contributed by atoms with Gasteiger partial charge in [0.1, 0.15) is 0 Å². The number of hydrogen-bond acceptors (Lipinski definition) is 3. The summed E-state index contributed by atoms with van der Waals surface area (Å²) in [7, 11) is 0. The van der Waals surface area contributed by atoms with Crippen LogP contribution in [0.3, 0.4) is 0 Å². The van der Waals surface area contributed by atoms with E-state index in [1.54, 1.807) is 0 Å². The molecule has 1 aromatic carbocycles. The van der Waals surface area contributed by atoms with Crippen LogP contribution in [0.2, 0.25) is 0 Å². The molecule has 0 atom stereocenters. The minimum atomic E-state index is 0.595. The average molecular weight is 246 g/mol. The number of nitrogens with zero attached hydrogens (tertiary/aromatic N) is 2. The third-order valence-electron chi connectivity index (χ3n) is 2.92. The Morgan fingerprint density at radius 2 is 2.17 bits per heavy atom. The molecule has 4 nitrogen and oxygen atoms in total. The van der Waals surface area contributed by atoms with Crippen LogP contribution < -0.4 is 11.1 Å². The minimum Gasteiger partial charge on any atom is -0.355 e. The molecule has 2 rings (SSSR count). The van der Waals surface area contributed by atoms with Crippen molar-refractivity contribution in [2.45, 2.75) is 27.3 Å². The highest BCUT2D eigenvalue weighted by molar-refractivity contribution is 5.79. The normalized spacial score (nSPS) is 11.4. The Morgan fingerprint density at radius 1 is 1.39 bits per heavy atom. The number of fused-ring (bicyclic) bond motifs is 1. The van der Waals surface area contributed by atoms with Crippen LogP contribution >= 0.6 is 0 Å². The van der Waals surface area contributed by atoms with E-state index < -0.39 is 0 Å². The van der Waals surface area contributed by atoms with Crippen molar-refractivity contribution in [3.63, 3.8) is 0 Å². The van der Waals surface area contributed by atoms with Gasteiger partial charge in [0, 0.05) is 19.6 Å². The number of benzene rings is 1. The van der Waals surface area contributed by atoms with Crippen molar-refractivity contribution in [3.05, 3.63) is 23.8 Å². The molecule has 2 aromatic rings. The van der Waals surface area contributed by atoms with Gasteiger partial charge >= 0.3 is 0 Å². The van der Waals surface area contributed by atoms with Gasteiger partial charge < -0.3 is 15.6 Å². The van der Waals surface area contributed by atoms with E-state index in [0.717, 1.165) is 30.1 Å². The van der Waals surface area contributed by atoms with Crippen molar-refractivity contribution in [2.75, 3.05) is 18.4 Å². The monoisotopic (exact) mass is 246 g/mol. The van der Waals surface area contributed by atoms with Crippen molar-refractivity contribution in [1.29, 1.82) is 0 Å². The van der Waals surface area contributed by atoms with Gasteiger partial charge in [-0.25, -0.2) is 4.98 Å². The molecule has 98 valence electrons. The summed E-state index contributed by atoms with van der Waals surface area (Å²) < 4.78 is 2.16. The zero-order valence-electron chi connectivity index (χ0n) is 11.4. The van der Waals surface area contributed by atoms with Crippen LogP contribution in [0.15, 0.2) is 18.2 Å². The van der Waals surface area contributed by atoms with Gasteiger partial charge in [0.05, 0.1) is 11.0 Å². The zero-order chi connectivity index (χ0) is 13.1. The van der Waals surface area contributed by atoms with E-state index >= 15 is 0 Å². The molecule has 0 radical (unpaired) electrons. The molecule has 4 heteroatoms. The van der Waals surface area contributed by atoms with Gasteiger partial charge in [0.25, 0.3) is 0 Å². The lowest BCUT2D eigenvalue weighted by Gasteiger charge is -2.11. The van der Waals surface area contributed by atoms with Crippen molar-refractivity contribution in [2.24, 2.45) is 11.7 Å². The lowest BCUT2D eigenvalue weighted by Crippen LogP contribution is -2.16. The van der Waals surface area contributed by atoms with Crippen molar-refractivity contribution in [1.82, 2.24) is 9.55 Å². The van der Waals surface area contributed by atoms with Gasteiger partial charge in [-0.2, -0.15) is 0 Å². The van der Waals surface area contributed by atoms with E-state index in [1.807, 2.05) is 0 Å². The highest BCUT2D eigenvalue weighted by Gasteiger charge is 2.10. The molecule has 0 aliphatic carbocycles. The second kappa shape index (κ2) is 5.40. The number of anilines is 1. The maximum absolute atomic E-state index is 5.69. The Morgan fingerprint density at radius 3 is 2.83 bits per heavy atom. The Hall–Kier alpha value is -1.55. The number of nitrogens with one attached hydrogen (secondary N) is 1.